The van der Waals surface area contributed by atoms with Crippen molar-refractivity contribution in [2.75, 3.05) is 13.1 Å². The van der Waals surface area contributed by atoms with Crippen molar-refractivity contribution in [1.29, 1.82) is 0 Å². The van der Waals surface area contributed by atoms with Crippen molar-refractivity contribution >= 4 is 21.7 Å². The van der Waals surface area contributed by atoms with Crippen LogP contribution in [0.15, 0.2) is 35.2 Å². The number of benzene rings is 1. The summed E-state index contributed by atoms with van der Waals surface area (Å²) in [5.41, 5.74) is 0. The summed E-state index contributed by atoms with van der Waals surface area (Å²) in [7, 11) is -3.64. The summed E-state index contributed by atoms with van der Waals surface area (Å²) in [5, 5.41) is 8.70. The quantitative estimate of drug-likeness (QED) is 0.880. The second-order valence-electron chi connectivity index (χ2n) is 6.89. The molecule has 1 aliphatic heterocycles. The fourth-order valence-electron chi connectivity index (χ4n) is 3.94. The molecule has 25 heavy (non-hydrogen) atoms. The number of rotatable bonds is 4. The van der Waals surface area contributed by atoms with Crippen LogP contribution in [0.1, 0.15) is 32.1 Å². The van der Waals surface area contributed by atoms with E-state index in [9.17, 15) is 23.1 Å². The third-order valence-corrected chi connectivity index (χ3v) is 7.52. The first-order valence-corrected chi connectivity index (χ1v) is 10.3. The van der Waals surface area contributed by atoms with Crippen LogP contribution in [0, 0.1) is 11.8 Å². The van der Waals surface area contributed by atoms with Gasteiger partial charge in [-0.3, -0.25) is 9.59 Å². The molecule has 1 aromatic rings. The lowest BCUT2D eigenvalue weighted by Crippen LogP contribution is -2.42. The van der Waals surface area contributed by atoms with E-state index in [1.54, 1.807) is 23.1 Å². The summed E-state index contributed by atoms with van der Waals surface area (Å²) >= 11 is 0. The Kier molecular flexibility index (Phi) is 5.13. The van der Waals surface area contributed by atoms with Gasteiger partial charge in [0.2, 0.25) is 5.91 Å². The van der Waals surface area contributed by atoms with Gasteiger partial charge < -0.3 is 10.0 Å². The number of carbonyl (C=O) groups is 2. The Morgan fingerprint density at radius 3 is 2.16 bits per heavy atom. The lowest BCUT2D eigenvalue weighted by molar-refractivity contribution is -0.149. The minimum absolute atomic E-state index is 0.00317. The molecule has 7 heteroatoms. The van der Waals surface area contributed by atoms with Crippen molar-refractivity contribution in [2.45, 2.75) is 42.2 Å². The number of likely N-dealkylation sites (tertiary alicyclic amines) is 1. The number of piperidine rings is 1. The molecule has 1 aromatic carbocycles. The molecule has 0 spiro atoms. The topological polar surface area (TPSA) is 91.7 Å². The molecule has 0 radical (unpaired) electrons. The fourth-order valence-corrected chi connectivity index (χ4v) is 5.78. The van der Waals surface area contributed by atoms with Gasteiger partial charge in [-0.25, -0.2) is 8.42 Å². The van der Waals surface area contributed by atoms with E-state index in [0.29, 0.717) is 13.1 Å². The van der Waals surface area contributed by atoms with Gasteiger partial charge in [0.15, 0.2) is 9.84 Å². The van der Waals surface area contributed by atoms with Gasteiger partial charge >= 0.3 is 5.97 Å². The molecule has 3 unspecified atom stereocenters. The van der Waals surface area contributed by atoms with Gasteiger partial charge in [0.05, 0.1) is 22.0 Å². The summed E-state index contributed by atoms with van der Waals surface area (Å²) in [5.74, 6) is -2.96. The number of hydrogen-bond acceptors (Lipinski definition) is 4. The molecular formula is C18H23NO5S. The number of sulfone groups is 1. The molecule has 1 aliphatic carbocycles. The Hall–Kier alpha value is -1.89. The predicted octanol–water partition coefficient (Wildman–Crippen LogP) is 1.95. The number of nitrogens with zero attached hydrogens (tertiary/aromatic N) is 1. The molecule has 2 fully saturated rings. The third kappa shape index (κ3) is 3.56. The highest BCUT2D eigenvalue weighted by molar-refractivity contribution is 7.92. The standard InChI is InChI=1S/C18H23NO5S/c20-17(19-9-5-2-6-10-19)15-11-14(12-16(15)18(21)22)25(23,24)13-7-3-1-4-8-13/h1,3-4,7-8,14-16H,2,5-6,9-12H2,(H,21,22). The number of carboxylic acids is 1. The Bertz CT molecular complexity index is 740. The minimum atomic E-state index is -3.64. The van der Waals surface area contributed by atoms with E-state index in [2.05, 4.69) is 0 Å². The number of carboxylic acid groups (broad SMARTS) is 1. The molecule has 1 saturated carbocycles. The summed E-state index contributed by atoms with van der Waals surface area (Å²) in [6.45, 7) is 1.27. The number of amides is 1. The third-order valence-electron chi connectivity index (χ3n) is 5.33. The molecule has 136 valence electrons. The molecule has 1 N–H and O–H groups in total. The first-order valence-electron chi connectivity index (χ1n) is 8.72. The minimum Gasteiger partial charge on any atom is -0.481 e. The summed E-state index contributed by atoms with van der Waals surface area (Å²) < 4.78 is 25.7. The monoisotopic (exact) mass is 365 g/mol. The zero-order valence-electron chi connectivity index (χ0n) is 14.0. The highest BCUT2D eigenvalue weighted by Crippen LogP contribution is 2.39. The van der Waals surface area contributed by atoms with Crippen molar-refractivity contribution < 1.29 is 23.1 Å². The van der Waals surface area contributed by atoms with Gasteiger partial charge in [0.1, 0.15) is 0 Å². The van der Waals surface area contributed by atoms with Crippen LogP contribution in [0.25, 0.3) is 0 Å². The van der Waals surface area contributed by atoms with Crippen LogP contribution in [-0.4, -0.2) is 48.6 Å². The molecule has 1 saturated heterocycles. The molecule has 0 aromatic heterocycles. The number of aliphatic carboxylic acids is 1. The van der Waals surface area contributed by atoms with E-state index in [4.69, 9.17) is 0 Å². The SMILES string of the molecule is O=C(O)C1CC(S(=O)(=O)c2ccccc2)CC1C(=O)N1CCCCC1. The fraction of sp³-hybridized carbons (Fsp3) is 0.556. The Balaban J connectivity index is 1.83. The van der Waals surface area contributed by atoms with Gasteiger partial charge in [-0.2, -0.15) is 0 Å². The lowest BCUT2D eigenvalue weighted by atomic mass is 9.94. The zero-order chi connectivity index (χ0) is 18.0. The van der Waals surface area contributed by atoms with E-state index in [0.717, 1.165) is 19.3 Å². The second-order valence-corrected chi connectivity index (χ2v) is 9.12. The maximum Gasteiger partial charge on any atom is 0.307 e. The van der Waals surface area contributed by atoms with Crippen molar-refractivity contribution in [3.8, 4) is 0 Å². The highest BCUT2D eigenvalue weighted by atomic mass is 32.2. The van der Waals surface area contributed by atoms with Gasteiger partial charge in [-0.15, -0.1) is 0 Å². The molecule has 3 atom stereocenters. The predicted molar refractivity (Wildman–Crippen MR) is 91.7 cm³/mol. The summed E-state index contributed by atoms with van der Waals surface area (Å²) in [6, 6.07) is 8.06. The van der Waals surface area contributed by atoms with Crippen molar-refractivity contribution in [3.63, 3.8) is 0 Å². The van der Waals surface area contributed by atoms with Gasteiger partial charge in [0.25, 0.3) is 0 Å². The van der Waals surface area contributed by atoms with Crippen LogP contribution in [0.2, 0.25) is 0 Å². The normalized spacial score (nSPS) is 27.2. The van der Waals surface area contributed by atoms with E-state index in [1.807, 2.05) is 0 Å². The van der Waals surface area contributed by atoms with Crippen LogP contribution >= 0.6 is 0 Å². The summed E-state index contributed by atoms with van der Waals surface area (Å²) in [4.78, 5) is 26.3. The Morgan fingerprint density at radius 2 is 1.56 bits per heavy atom. The molecule has 1 amide bonds. The largest absolute Gasteiger partial charge is 0.481 e. The molecule has 1 heterocycles. The smallest absolute Gasteiger partial charge is 0.307 e. The van der Waals surface area contributed by atoms with E-state index in [1.165, 1.54) is 12.1 Å². The maximum atomic E-state index is 12.8. The Labute approximate surface area is 147 Å². The number of hydrogen-bond donors (Lipinski definition) is 1. The second kappa shape index (κ2) is 7.15. The highest BCUT2D eigenvalue weighted by Gasteiger charge is 2.48. The van der Waals surface area contributed by atoms with Crippen LogP contribution in [0.5, 0.6) is 0 Å². The van der Waals surface area contributed by atoms with Gasteiger partial charge in [-0.1, -0.05) is 18.2 Å². The summed E-state index contributed by atoms with van der Waals surface area (Å²) in [6.07, 6.45) is 2.99. The van der Waals surface area contributed by atoms with Crippen LogP contribution in [0.3, 0.4) is 0 Å². The Morgan fingerprint density at radius 1 is 0.960 bits per heavy atom. The first kappa shape index (κ1) is 17.9. The van der Waals surface area contributed by atoms with Crippen LogP contribution in [-0.2, 0) is 19.4 Å². The van der Waals surface area contributed by atoms with Crippen molar-refractivity contribution in [1.82, 2.24) is 4.90 Å². The lowest BCUT2D eigenvalue weighted by Gasteiger charge is -2.30. The van der Waals surface area contributed by atoms with Gasteiger partial charge in [-0.05, 0) is 44.2 Å². The number of carbonyl (C=O) groups excluding carboxylic acids is 1. The average molecular weight is 365 g/mol. The van der Waals surface area contributed by atoms with Crippen molar-refractivity contribution in [3.05, 3.63) is 30.3 Å². The molecule has 2 aliphatic rings. The van der Waals surface area contributed by atoms with Gasteiger partial charge in [0, 0.05) is 13.1 Å². The molecule has 6 nitrogen and oxygen atoms in total. The van der Waals surface area contributed by atoms with E-state index in [-0.39, 0.29) is 23.6 Å². The maximum absolute atomic E-state index is 12.8. The molecular weight excluding hydrogens is 342 g/mol. The molecule has 0 bridgehead atoms. The van der Waals surface area contributed by atoms with Crippen molar-refractivity contribution in [2.24, 2.45) is 11.8 Å². The zero-order valence-corrected chi connectivity index (χ0v) is 14.8. The van der Waals surface area contributed by atoms with E-state index >= 15 is 0 Å². The first-order chi connectivity index (χ1) is 11.9. The van der Waals surface area contributed by atoms with Crippen LogP contribution < -0.4 is 0 Å². The average Bonchev–Trinajstić information content (AvgIpc) is 3.09. The van der Waals surface area contributed by atoms with E-state index < -0.39 is 32.9 Å². The van der Waals surface area contributed by atoms with Crippen LogP contribution in [0.4, 0.5) is 0 Å². The molecule has 3 rings (SSSR count).